The molecule has 4 aromatic rings. The number of amides is 1. The molecule has 4 rings (SSSR count). The summed E-state index contributed by atoms with van der Waals surface area (Å²) in [6.45, 7) is 1.99. The molecule has 0 spiro atoms. The van der Waals surface area contributed by atoms with E-state index in [1.807, 2.05) is 31.2 Å². The highest BCUT2D eigenvalue weighted by molar-refractivity contribution is 5.94. The van der Waals surface area contributed by atoms with Crippen LogP contribution in [0.5, 0.6) is 5.75 Å². The number of nitrogens with zero attached hydrogens (tertiary/aromatic N) is 3. The first-order valence-electron chi connectivity index (χ1n) is 10.4. The summed E-state index contributed by atoms with van der Waals surface area (Å²) >= 11 is 0. The summed E-state index contributed by atoms with van der Waals surface area (Å²) in [5.41, 5.74) is 1.61. The highest BCUT2D eigenvalue weighted by atomic mass is 16.6. The van der Waals surface area contributed by atoms with E-state index < -0.39 is 11.0 Å². The number of aromatic hydroxyl groups is 1. The van der Waals surface area contributed by atoms with Gasteiger partial charge in [-0.1, -0.05) is 25.5 Å². The van der Waals surface area contributed by atoms with Gasteiger partial charge in [0.2, 0.25) is 5.91 Å². The Bertz CT molecular complexity index is 1320. The minimum absolute atomic E-state index is 0.118. The van der Waals surface area contributed by atoms with E-state index in [-0.39, 0.29) is 33.8 Å². The zero-order valence-corrected chi connectivity index (χ0v) is 17.5. The summed E-state index contributed by atoms with van der Waals surface area (Å²) in [5.74, 6) is -0.399. The van der Waals surface area contributed by atoms with Gasteiger partial charge in [-0.25, -0.2) is 0 Å². The fraction of sp³-hybridized carbons (Fsp3) is 0.208. The molecular formula is C24H22N4O4. The molecule has 2 N–H and O–H groups in total. The number of phenols is 1. The third-order valence-corrected chi connectivity index (χ3v) is 5.40. The van der Waals surface area contributed by atoms with Crippen molar-refractivity contribution in [1.82, 2.24) is 15.3 Å². The van der Waals surface area contributed by atoms with E-state index in [4.69, 9.17) is 0 Å². The number of pyridine rings is 2. The topological polar surface area (TPSA) is 118 Å². The van der Waals surface area contributed by atoms with Gasteiger partial charge in [0, 0.05) is 35.8 Å². The van der Waals surface area contributed by atoms with E-state index in [9.17, 15) is 20.0 Å². The molecule has 8 heteroatoms. The summed E-state index contributed by atoms with van der Waals surface area (Å²) in [7, 11) is 0. The number of nitrogens with one attached hydrogen (secondary N) is 1. The molecule has 0 aliphatic heterocycles. The summed E-state index contributed by atoms with van der Waals surface area (Å²) in [6.07, 6.45) is 5.04. The first kappa shape index (κ1) is 21.2. The van der Waals surface area contributed by atoms with Crippen LogP contribution in [0.3, 0.4) is 0 Å². The normalized spacial score (nSPS) is 12.0. The lowest BCUT2D eigenvalue weighted by atomic mass is 9.94. The van der Waals surface area contributed by atoms with Crippen LogP contribution in [-0.4, -0.2) is 25.9 Å². The number of fused-ring (bicyclic) bond motifs is 2. The zero-order valence-electron chi connectivity index (χ0n) is 17.5. The molecule has 0 saturated carbocycles. The number of non-ortho nitro benzene ring substituents is 1. The van der Waals surface area contributed by atoms with Gasteiger partial charge < -0.3 is 10.4 Å². The van der Waals surface area contributed by atoms with Crippen LogP contribution in [0, 0.1) is 10.1 Å². The molecule has 1 amide bonds. The largest absolute Gasteiger partial charge is 0.505 e. The molecule has 0 fully saturated rings. The Morgan fingerprint density at radius 2 is 1.94 bits per heavy atom. The second-order valence-electron chi connectivity index (χ2n) is 7.55. The minimum atomic E-state index is -0.797. The number of phenolic OH excluding ortho intramolecular Hbond substituents is 1. The van der Waals surface area contributed by atoms with Crippen molar-refractivity contribution in [2.75, 3.05) is 0 Å². The SMILES string of the molecule is CCCCC(=O)NC(c1ccc2ncccc2c1)c1cc([N+](=O)[O-])c2cccnc2c1O. The molecule has 162 valence electrons. The van der Waals surface area contributed by atoms with E-state index in [0.717, 1.165) is 17.3 Å². The fourth-order valence-electron chi connectivity index (χ4n) is 3.79. The molecule has 0 aliphatic carbocycles. The Morgan fingerprint density at radius 1 is 1.16 bits per heavy atom. The molecule has 2 heterocycles. The quantitative estimate of drug-likeness (QED) is 0.321. The number of hydrogen-bond acceptors (Lipinski definition) is 6. The Balaban J connectivity index is 1.91. The Hall–Kier alpha value is -4.07. The van der Waals surface area contributed by atoms with Gasteiger partial charge in [-0.3, -0.25) is 24.9 Å². The van der Waals surface area contributed by atoms with Gasteiger partial charge in [-0.2, -0.15) is 0 Å². The van der Waals surface area contributed by atoms with Gasteiger partial charge in [0.05, 0.1) is 21.9 Å². The summed E-state index contributed by atoms with van der Waals surface area (Å²) < 4.78 is 0. The Kier molecular flexibility index (Phi) is 5.93. The minimum Gasteiger partial charge on any atom is -0.505 e. The first-order valence-corrected chi connectivity index (χ1v) is 10.4. The van der Waals surface area contributed by atoms with E-state index in [0.29, 0.717) is 18.4 Å². The van der Waals surface area contributed by atoms with Gasteiger partial charge in [0.15, 0.2) is 0 Å². The molecule has 2 aromatic carbocycles. The molecule has 0 aliphatic rings. The van der Waals surface area contributed by atoms with Crippen molar-refractivity contribution in [2.45, 2.75) is 32.2 Å². The smallest absolute Gasteiger partial charge is 0.279 e. The second-order valence-corrected chi connectivity index (χ2v) is 7.55. The van der Waals surface area contributed by atoms with Crippen LogP contribution in [0.2, 0.25) is 0 Å². The number of carbonyl (C=O) groups excluding carboxylic acids is 1. The average Bonchev–Trinajstić information content (AvgIpc) is 2.81. The predicted molar refractivity (Wildman–Crippen MR) is 121 cm³/mol. The summed E-state index contributed by atoms with van der Waals surface area (Å²) in [5, 5.41) is 26.9. The predicted octanol–water partition coefficient (Wildman–Crippen LogP) is 4.79. The third kappa shape index (κ3) is 4.07. The van der Waals surface area contributed by atoms with Crippen LogP contribution in [0.4, 0.5) is 5.69 Å². The maximum atomic E-state index is 12.7. The van der Waals surface area contributed by atoms with E-state index in [2.05, 4.69) is 15.3 Å². The maximum absolute atomic E-state index is 12.7. The molecule has 8 nitrogen and oxygen atoms in total. The fourth-order valence-corrected chi connectivity index (χ4v) is 3.79. The number of carbonyl (C=O) groups is 1. The molecule has 0 saturated heterocycles. The second kappa shape index (κ2) is 8.97. The lowest BCUT2D eigenvalue weighted by Gasteiger charge is -2.22. The van der Waals surface area contributed by atoms with Crippen molar-refractivity contribution < 1.29 is 14.8 Å². The lowest BCUT2D eigenvalue weighted by molar-refractivity contribution is -0.383. The summed E-state index contributed by atoms with van der Waals surface area (Å²) in [4.78, 5) is 32.4. The van der Waals surface area contributed by atoms with Crippen LogP contribution in [0.15, 0.2) is 60.9 Å². The standard InChI is InChI=1S/C24H22N4O4/c1-2-3-8-21(29)27-22(16-9-10-19-15(13-16)6-4-11-25-19)18-14-20(28(31)32)17-7-5-12-26-23(17)24(18)30/h4-7,9-14,22,30H,2-3,8H2,1H3,(H,27,29). The molecule has 1 unspecified atom stereocenters. The molecule has 32 heavy (non-hydrogen) atoms. The molecule has 2 aromatic heterocycles. The van der Waals surface area contributed by atoms with E-state index in [1.54, 1.807) is 24.4 Å². The van der Waals surface area contributed by atoms with Crippen molar-refractivity contribution in [3.8, 4) is 5.75 Å². The van der Waals surface area contributed by atoms with Crippen molar-refractivity contribution >= 4 is 33.4 Å². The van der Waals surface area contributed by atoms with Gasteiger partial charge >= 0.3 is 0 Å². The average molecular weight is 430 g/mol. The molecular weight excluding hydrogens is 408 g/mol. The number of nitro benzene ring substituents is 1. The third-order valence-electron chi connectivity index (χ3n) is 5.40. The number of unbranched alkanes of at least 4 members (excludes halogenated alkanes) is 1. The lowest BCUT2D eigenvalue weighted by Crippen LogP contribution is -2.29. The van der Waals surface area contributed by atoms with Gasteiger partial charge in [-0.15, -0.1) is 0 Å². The number of hydrogen-bond donors (Lipinski definition) is 2. The Morgan fingerprint density at radius 3 is 2.72 bits per heavy atom. The van der Waals surface area contributed by atoms with E-state index >= 15 is 0 Å². The number of benzene rings is 2. The van der Waals surface area contributed by atoms with Crippen molar-refractivity contribution in [2.24, 2.45) is 0 Å². The molecule has 0 radical (unpaired) electrons. The number of aromatic nitrogens is 2. The van der Waals surface area contributed by atoms with Gasteiger partial charge in [0.25, 0.3) is 5.69 Å². The van der Waals surface area contributed by atoms with Crippen LogP contribution < -0.4 is 5.32 Å². The highest BCUT2D eigenvalue weighted by Crippen LogP contribution is 2.39. The van der Waals surface area contributed by atoms with Crippen LogP contribution >= 0.6 is 0 Å². The number of nitro groups is 1. The van der Waals surface area contributed by atoms with Crippen molar-refractivity contribution in [3.63, 3.8) is 0 Å². The molecule has 1 atom stereocenters. The van der Waals surface area contributed by atoms with Gasteiger partial charge in [0.1, 0.15) is 11.3 Å². The van der Waals surface area contributed by atoms with Crippen molar-refractivity contribution in [3.05, 3.63) is 82.2 Å². The van der Waals surface area contributed by atoms with E-state index in [1.165, 1.54) is 12.3 Å². The maximum Gasteiger partial charge on any atom is 0.279 e. The van der Waals surface area contributed by atoms with Crippen LogP contribution in [-0.2, 0) is 4.79 Å². The number of rotatable bonds is 7. The van der Waals surface area contributed by atoms with Crippen LogP contribution in [0.25, 0.3) is 21.8 Å². The Labute approximate surface area is 184 Å². The van der Waals surface area contributed by atoms with Gasteiger partial charge in [-0.05, 0) is 42.3 Å². The first-order chi connectivity index (χ1) is 15.5. The monoisotopic (exact) mass is 430 g/mol. The highest BCUT2D eigenvalue weighted by Gasteiger charge is 2.27. The summed E-state index contributed by atoms with van der Waals surface area (Å²) in [6, 6.07) is 12.8. The zero-order chi connectivity index (χ0) is 22.7. The van der Waals surface area contributed by atoms with Crippen molar-refractivity contribution in [1.29, 1.82) is 0 Å². The van der Waals surface area contributed by atoms with Crippen LogP contribution in [0.1, 0.15) is 43.4 Å². The molecule has 0 bridgehead atoms.